The molecule has 0 spiro atoms. The fourth-order valence-corrected chi connectivity index (χ4v) is 2.72. The number of aryl methyl sites for hydroxylation is 1. The maximum Gasteiger partial charge on any atom is 0.306 e. The molecule has 2 aromatic rings. The molecule has 2 rings (SSSR count). The van der Waals surface area contributed by atoms with E-state index in [1.807, 2.05) is 16.8 Å². The lowest BCUT2D eigenvalue weighted by Crippen LogP contribution is -2.18. The van der Waals surface area contributed by atoms with Gasteiger partial charge in [-0.1, -0.05) is 18.2 Å². The van der Waals surface area contributed by atoms with Gasteiger partial charge in [-0.05, 0) is 53.3 Å². The highest BCUT2D eigenvalue weighted by molar-refractivity contribution is 7.07. The van der Waals surface area contributed by atoms with E-state index in [0.717, 1.165) is 12.0 Å². The predicted octanol–water partition coefficient (Wildman–Crippen LogP) is 3.76. The summed E-state index contributed by atoms with van der Waals surface area (Å²) in [4.78, 5) is 11.3. The third-order valence-corrected chi connectivity index (χ3v) is 3.87. The van der Waals surface area contributed by atoms with Crippen LogP contribution in [-0.4, -0.2) is 11.1 Å². The third kappa shape index (κ3) is 3.89. The van der Waals surface area contributed by atoms with Crippen LogP contribution in [0.15, 0.2) is 41.1 Å². The number of carbonyl (C=O) groups is 1. The second kappa shape index (κ2) is 6.48. The topological polar surface area (TPSA) is 37.3 Å². The van der Waals surface area contributed by atoms with Crippen molar-refractivity contribution in [2.75, 3.05) is 0 Å². The first-order chi connectivity index (χ1) is 9.16. The fourth-order valence-electron chi connectivity index (χ4n) is 2.02. The minimum Gasteiger partial charge on any atom is -0.481 e. The highest BCUT2D eigenvalue weighted by Gasteiger charge is 2.19. The Balaban J connectivity index is 2.00. The summed E-state index contributed by atoms with van der Waals surface area (Å²) in [5.74, 6) is -1.74. The average Bonchev–Trinajstić information content (AvgIpc) is 2.89. The molecule has 1 heterocycles. The first-order valence-electron chi connectivity index (χ1n) is 6.14. The zero-order valence-corrected chi connectivity index (χ0v) is 11.2. The van der Waals surface area contributed by atoms with Gasteiger partial charge in [0.25, 0.3) is 0 Å². The van der Waals surface area contributed by atoms with E-state index in [1.165, 1.54) is 6.07 Å². The molecule has 1 unspecified atom stereocenters. The quantitative estimate of drug-likeness (QED) is 0.873. The van der Waals surface area contributed by atoms with Crippen molar-refractivity contribution in [3.05, 3.63) is 58.0 Å². The molecule has 1 aromatic carbocycles. The van der Waals surface area contributed by atoms with E-state index < -0.39 is 11.9 Å². The van der Waals surface area contributed by atoms with E-state index in [-0.39, 0.29) is 12.2 Å². The summed E-state index contributed by atoms with van der Waals surface area (Å²) >= 11 is 1.60. The van der Waals surface area contributed by atoms with Crippen molar-refractivity contribution < 1.29 is 14.3 Å². The summed E-state index contributed by atoms with van der Waals surface area (Å²) in [6.07, 6.45) is 1.49. The van der Waals surface area contributed by atoms with Gasteiger partial charge in [-0.25, -0.2) is 4.39 Å². The van der Waals surface area contributed by atoms with E-state index in [0.29, 0.717) is 12.0 Å². The van der Waals surface area contributed by atoms with E-state index in [4.69, 9.17) is 0 Å². The summed E-state index contributed by atoms with van der Waals surface area (Å²) in [5.41, 5.74) is 1.62. The normalized spacial score (nSPS) is 12.3. The minimum atomic E-state index is -0.863. The summed E-state index contributed by atoms with van der Waals surface area (Å²) in [5, 5.41) is 13.2. The van der Waals surface area contributed by atoms with Crippen LogP contribution in [0.25, 0.3) is 0 Å². The number of carboxylic acids is 1. The van der Waals surface area contributed by atoms with Crippen LogP contribution in [-0.2, 0) is 17.6 Å². The largest absolute Gasteiger partial charge is 0.481 e. The number of carboxylic acid groups (broad SMARTS) is 1. The lowest BCUT2D eigenvalue weighted by atomic mass is 9.93. The van der Waals surface area contributed by atoms with Gasteiger partial charge in [0.1, 0.15) is 5.82 Å². The zero-order chi connectivity index (χ0) is 13.7. The van der Waals surface area contributed by atoms with Crippen molar-refractivity contribution >= 4 is 17.3 Å². The van der Waals surface area contributed by atoms with Gasteiger partial charge in [0.2, 0.25) is 0 Å². The van der Waals surface area contributed by atoms with E-state index in [1.54, 1.807) is 29.5 Å². The van der Waals surface area contributed by atoms with Crippen LogP contribution >= 0.6 is 11.3 Å². The maximum absolute atomic E-state index is 13.5. The van der Waals surface area contributed by atoms with E-state index in [9.17, 15) is 14.3 Å². The second-order valence-corrected chi connectivity index (χ2v) is 5.28. The van der Waals surface area contributed by atoms with Gasteiger partial charge >= 0.3 is 5.97 Å². The van der Waals surface area contributed by atoms with Crippen molar-refractivity contribution in [3.8, 4) is 0 Å². The summed E-state index contributed by atoms with van der Waals surface area (Å²) in [6, 6.07) is 8.35. The Labute approximate surface area is 115 Å². The summed E-state index contributed by atoms with van der Waals surface area (Å²) in [7, 11) is 0. The van der Waals surface area contributed by atoms with Gasteiger partial charge in [-0.3, -0.25) is 4.79 Å². The molecule has 19 heavy (non-hydrogen) atoms. The molecule has 2 nitrogen and oxygen atoms in total. The van der Waals surface area contributed by atoms with Crippen molar-refractivity contribution in [3.63, 3.8) is 0 Å². The van der Waals surface area contributed by atoms with Crippen LogP contribution < -0.4 is 0 Å². The monoisotopic (exact) mass is 278 g/mol. The number of halogens is 1. The number of hydrogen-bond donors (Lipinski definition) is 1. The molecule has 0 amide bonds. The van der Waals surface area contributed by atoms with Gasteiger partial charge < -0.3 is 5.11 Å². The van der Waals surface area contributed by atoms with Crippen LogP contribution in [0.5, 0.6) is 0 Å². The Morgan fingerprint density at radius 2 is 2.11 bits per heavy atom. The Morgan fingerprint density at radius 3 is 2.74 bits per heavy atom. The van der Waals surface area contributed by atoms with Gasteiger partial charge in [0, 0.05) is 0 Å². The number of aliphatic carboxylic acids is 1. The van der Waals surface area contributed by atoms with E-state index >= 15 is 0 Å². The molecule has 1 aromatic heterocycles. The fraction of sp³-hybridized carbons (Fsp3) is 0.267. The van der Waals surface area contributed by atoms with Crippen LogP contribution in [0.1, 0.15) is 17.5 Å². The summed E-state index contributed by atoms with van der Waals surface area (Å²) < 4.78 is 13.5. The van der Waals surface area contributed by atoms with Crippen LogP contribution in [0.4, 0.5) is 4.39 Å². The van der Waals surface area contributed by atoms with Crippen molar-refractivity contribution in [2.24, 2.45) is 5.92 Å². The molecular formula is C15H15FO2S. The molecule has 0 aliphatic rings. The molecular weight excluding hydrogens is 263 g/mol. The number of hydrogen-bond acceptors (Lipinski definition) is 2. The van der Waals surface area contributed by atoms with Crippen molar-refractivity contribution in [1.29, 1.82) is 0 Å². The Morgan fingerprint density at radius 1 is 1.32 bits per heavy atom. The molecule has 0 radical (unpaired) electrons. The Bertz CT molecular complexity index is 537. The van der Waals surface area contributed by atoms with Gasteiger partial charge in [-0.15, -0.1) is 0 Å². The highest BCUT2D eigenvalue weighted by Crippen LogP contribution is 2.19. The maximum atomic E-state index is 13.5. The average molecular weight is 278 g/mol. The molecule has 0 saturated carbocycles. The molecule has 0 bridgehead atoms. The van der Waals surface area contributed by atoms with Gasteiger partial charge in [0.05, 0.1) is 5.92 Å². The third-order valence-electron chi connectivity index (χ3n) is 3.13. The highest BCUT2D eigenvalue weighted by atomic mass is 32.1. The molecule has 1 atom stereocenters. The first-order valence-corrected chi connectivity index (χ1v) is 7.08. The van der Waals surface area contributed by atoms with Crippen molar-refractivity contribution in [1.82, 2.24) is 0 Å². The van der Waals surface area contributed by atoms with Crippen LogP contribution in [0, 0.1) is 11.7 Å². The van der Waals surface area contributed by atoms with Crippen LogP contribution in [0.2, 0.25) is 0 Å². The molecule has 4 heteroatoms. The molecule has 0 aliphatic carbocycles. The Kier molecular flexibility index (Phi) is 4.68. The van der Waals surface area contributed by atoms with Gasteiger partial charge in [-0.2, -0.15) is 11.3 Å². The smallest absolute Gasteiger partial charge is 0.306 e. The molecule has 0 fully saturated rings. The number of rotatable bonds is 6. The Hall–Kier alpha value is -1.68. The summed E-state index contributed by atoms with van der Waals surface area (Å²) in [6.45, 7) is 0. The predicted molar refractivity (Wildman–Crippen MR) is 73.9 cm³/mol. The van der Waals surface area contributed by atoms with E-state index in [2.05, 4.69) is 0 Å². The standard InChI is InChI=1S/C15H15FO2S/c16-14-4-2-1-3-12(14)9-13(15(17)18)6-5-11-7-8-19-10-11/h1-4,7-8,10,13H,5-6,9H2,(H,17,18). The second-order valence-electron chi connectivity index (χ2n) is 4.50. The van der Waals surface area contributed by atoms with Gasteiger partial charge in [0.15, 0.2) is 0 Å². The lowest BCUT2D eigenvalue weighted by Gasteiger charge is -2.12. The number of benzene rings is 1. The molecule has 0 aliphatic heterocycles. The number of thiophene rings is 1. The van der Waals surface area contributed by atoms with Crippen molar-refractivity contribution in [2.45, 2.75) is 19.3 Å². The zero-order valence-electron chi connectivity index (χ0n) is 10.4. The molecule has 0 saturated heterocycles. The SMILES string of the molecule is O=C(O)C(CCc1ccsc1)Cc1ccccc1F. The first kappa shape index (κ1) is 13.7. The molecule has 1 N–H and O–H groups in total. The molecule has 100 valence electrons. The van der Waals surface area contributed by atoms with Crippen LogP contribution in [0.3, 0.4) is 0 Å². The lowest BCUT2D eigenvalue weighted by molar-refractivity contribution is -0.141. The minimum absolute atomic E-state index is 0.242.